The van der Waals surface area contributed by atoms with Crippen molar-refractivity contribution in [2.24, 2.45) is 5.41 Å². The first-order chi connectivity index (χ1) is 8.27. The van der Waals surface area contributed by atoms with E-state index in [-0.39, 0.29) is 5.54 Å². The van der Waals surface area contributed by atoms with Crippen LogP contribution in [0.1, 0.15) is 71.4 Å². The second-order valence-corrected chi connectivity index (χ2v) is 7.61. The SMILES string of the molecule is CC1(C)CCCC1c1nnc(CBr)n1C(C)(C)C. The van der Waals surface area contributed by atoms with Gasteiger partial charge in [0.2, 0.25) is 0 Å². The maximum Gasteiger partial charge on any atom is 0.144 e. The molecule has 102 valence electrons. The van der Waals surface area contributed by atoms with E-state index < -0.39 is 0 Å². The van der Waals surface area contributed by atoms with E-state index in [1.807, 2.05) is 0 Å². The minimum absolute atomic E-state index is 0.0423. The molecule has 1 fully saturated rings. The number of aromatic nitrogens is 3. The van der Waals surface area contributed by atoms with Crippen LogP contribution >= 0.6 is 15.9 Å². The van der Waals surface area contributed by atoms with Gasteiger partial charge in [-0.15, -0.1) is 10.2 Å². The van der Waals surface area contributed by atoms with Gasteiger partial charge in [-0.25, -0.2) is 0 Å². The van der Waals surface area contributed by atoms with Crippen LogP contribution in [0.5, 0.6) is 0 Å². The third-order valence-corrected chi connectivity index (χ3v) is 4.62. The van der Waals surface area contributed by atoms with Gasteiger partial charge >= 0.3 is 0 Å². The van der Waals surface area contributed by atoms with Crippen LogP contribution in [0, 0.1) is 5.41 Å². The van der Waals surface area contributed by atoms with Crippen molar-refractivity contribution in [3.63, 3.8) is 0 Å². The summed E-state index contributed by atoms with van der Waals surface area (Å²) in [7, 11) is 0. The molecule has 0 bridgehead atoms. The maximum atomic E-state index is 4.51. The van der Waals surface area contributed by atoms with Gasteiger partial charge in [0.05, 0.1) is 5.33 Å². The molecule has 4 heteroatoms. The highest BCUT2D eigenvalue weighted by Gasteiger charge is 2.40. The van der Waals surface area contributed by atoms with Gasteiger partial charge < -0.3 is 4.57 Å². The Kier molecular flexibility index (Phi) is 3.60. The summed E-state index contributed by atoms with van der Waals surface area (Å²) in [6, 6.07) is 0. The van der Waals surface area contributed by atoms with Crippen molar-refractivity contribution in [2.75, 3.05) is 0 Å². The normalized spacial score (nSPS) is 23.6. The Hall–Kier alpha value is -0.380. The number of hydrogen-bond donors (Lipinski definition) is 0. The van der Waals surface area contributed by atoms with Crippen LogP contribution in [0.4, 0.5) is 0 Å². The molecule has 1 saturated carbocycles. The van der Waals surface area contributed by atoms with Crippen LogP contribution in [-0.2, 0) is 10.9 Å². The minimum atomic E-state index is 0.0423. The molecule has 1 aliphatic rings. The summed E-state index contributed by atoms with van der Waals surface area (Å²) >= 11 is 3.53. The Morgan fingerprint density at radius 2 is 2.00 bits per heavy atom. The molecule has 1 aromatic heterocycles. The lowest BCUT2D eigenvalue weighted by atomic mass is 9.81. The second-order valence-electron chi connectivity index (χ2n) is 7.05. The first kappa shape index (κ1) is 14.0. The van der Waals surface area contributed by atoms with Crippen LogP contribution in [0.15, 0.2) is 0 Å². The van der Waals surface area contributed by atoms with E-state index in [9.17, 15) is 0 Å². The molecule has 2 rings (SSSR count). The fraction of sp³-hybridized carbons (Fsp3) is 0.857. The van der Waals surface area contributed by atoms with Gasteiger partial charge in [-0.05, 0) is 39.0 Å². The molecule has 18 heavy (non-hydrogen) atoms. The number of rotatable bonds is 2. The average Bonchev–Trinajstić information content (AvgIpc) is 2.79. The van der Waals surface area contributed by atoms with E-state index in [4.69, 9.17) is 0 Å². The Balaban J connectivity index is 2.49. The summed E-state index contributed by atoms with van der Waals surface area (Å²) in [5.41, 5.74) is 0.389. The molecule has 0 saturated heterocycles. The first-order valence-corrected chi connectivity index (χ1v) is 7.90. The summed E-state index contributed by atoms with van der Waals surface area (Å²) in [4.78, 5) is 0. The third kappa shape index (κ3) is 2.36. The van der Waals surface area contributed by atoms with E-state index in [1.165, 1.54) is 25.1 Å². The Labute approximate surface area is 118 Å². The molecule has 1 aliphatic carbocycles. The van der Waals surface area contributed by atoms with Crippen molar-refractivity contribution < 1.29 is 0 Å². The predicted octanol–water partition coefficient (Wildman–Crippen LogP) is 4.22. The standard InChI is InChI=1S/C14H24BrN3/c1-13(2,3)18-11(9-15)16-17-12(18)10-7-6-8-14(10,4)5/h10H,6-9H2,1-5H3. The molecule has 1 heterocycles. The number of hydrogen-bond acceptors (Lipinski definition) is 2. The summed E-state index contributed by atoms with van der Waals surface area (Å²) < 4.78 is 2.33. The molecule has 0 radical (unpaired) electrons. The fourth-order valence-electron chi connectivity index (χ4n) is 3.18. The van der Waals surface area contributed by atoms with E-state index in [0.29, 0.717) is 11.3 Å². The molecule has 1 atom stereocenters. The molecule has 0 aliphatic heterocycles. The van der Waals surface area contributed by atoms with E-state index in [2.05, 4.69) is 65.3 Å². The van der Waals surface area contributed by atoms with Gasteiger partial charge in [-0.1, -0.05) is 36.2 Å². The number of alkyl halides is 1. The Morgan fingerprint density at radius 3 is 2.44 bits per heavy atom. The summed E-state index contributed by atoms with van der Waals surface area (Å²) in [5.74, 6) is 2.76. The van der Waals surface area contributed by atoms with Gasteiger partial charge in [-0.2, -0.15) is 0 Å². The number of nitrogens with zero attached hydrogens (tertiary/aromatic N) is 3. The molecule has 1 unspecified atom stereocenters. The molecular weight excluding hydrogens is 290 g/mol. The molecule has 0 N–H and O–H groups in total. The van der Waals surface area contributed by atoms with E-state index in [1.54, 1.807) is 0 Å². The zero-order chi connectivity index (χ0) is 13.6. The van der Waals surface area contributed by atoms with E-state index in [0.717, 1.165) is 11.2 Å². The second kappa shape index (κ2) is 4.62. The highest BCUT2D eigenvalue weighted by atomic mass is 79.9. The van der Waals surface area contributed by atoms with Crippen molar-refractivity contribution >= 4 is 15.9 Å². The third-order valence-electron chi connectivity index (χ3n) is 4.11. The summed E-state index contributed by atoms with van der Waals surface area (Å²) in [6.45, 7) is 11.4. The van der Waals surface area contributed by atoms with E-state index >= 15 is 0 Å². The zero-order valence-electron chi connectivity index (χ0n) is 12.1. The van der Waals surface area contributed by atoms with Crippen molar-refractivity contribution in [1.29, 1.82) is 0 Å². The van der Waals surface area contributed by atoms with Crippen LogP contribution in [0.25, 0.3) is 0 Å². The van der Waals surface area contributed by atoms with Crippen molar-refractivity contribution in [2.45, 2.75) is 70.7 Å². The molecule has 0 aromatic carbocycles. The van der Waals surface area contributed by atoms with Crippen molar-refractivity contribution in [1.82, 2.24) is 14.8 Å². The average molecular weight is 314 g/mol. The largest absolute Gasteiger partial charge is 0.309 e. The summed E-state index contributed by atoms with van der Waals surface area (Å²) in [5, 5.41) is 9.66. The molecule has 0 spiro atoms. The molecule has 3 nitrogen and oxygen atoms in total. The van der Waals surface area contributed by atoms with Gasteiger partial charge in [-0.3, -0.25) is 0 Å². The fourth-order valence-corrected chi connectivity index (χ4v) is 3.54. The topological polar surface area (TPSA) is 30.7 Å². The van der Waals surface area contributed by atoms with Crippen molar-refractivity contribution in [3.05, 3.63) is 11.6 Å². The number of halogens is 1. The van der Waals surface area contributed by atoms with Crippen LogP contribution in [0.3, 0.4) is 0 Å². The van der Waals surface area contributed by atoms with Gasteiger partial charge in [0.15, 0.2) is 0 Å². The minimum Gasteiger partial charge on any atom is -0.309 e. The summed E-state index contributed by atoms with van der Waals surface area (Å²) in [6.07, 6.45) is 3.83. The highest BCUT2D eigenvalue weighted by molar-refractivity contribution is 9.08. The Morgan fingerprint density at radius 1 is 1.33 bits per heavy atom. The lowest BCUT2D eigenvalue weighted by Gasteiger charge is -2.31. The molecule has 1 aromatic rings. The Bertz CT molecular complexity index is 429. The van der Waals surface area contributed by atoms with Gasteiger partial charge in [0.1, 0.15) is 11.6 Å². The molecule has 0 amide bonds. The smallest absolute Gasteiger partial charge is 0.144 e. The predicted molar refractivity (Wildman–Crippen MR) is 78.0 cm³/mol. The van der Waals surface area contributed by atoms with Crippen LogP contribution in [0.2, 0.25) is 0 Å². The van der Waals surface area contributed by atoms with Gasteiger partial charge in [0.25, 0.3) is 0 Å². The van der Waals surface area contributed by atoms with Crippen LogP contribution < -0.4 is 0 Å². The monoisotopic (exact) mass is 313 g/mol. The molecular formula is C14H24BrN3. The quantitative estimate of drug-likeness (QED) is 0.765. The first-order valence-electron chi connectivity index (χ1n) is 6.78. The maximum absolute atomic E-state index is 4.51. The highest BCUT2D eigenvalue weighted by Crippen LogP contribution is 2.48. The van der Waals surface area contributed by atoms with Gasteiger partial charge in [0, 0.05) is 11.5 Å². The lowest BCUT2D eigenvalue weighted by Crippen LogP contribution is -2.29. The zero-order valence-corrected chi connectivity index (χ0v) is 13.7. The lowest BCUT2D eigenvalue weighted by molar-refractivity contribution is 0.289. The van der Waals surface area contributed by atoms with Crippen LogP contribution in [-0.4, -0.2) is 14.8 Å². The van der Waals surface area contributed by atoms with Crippen molar-refractivity contribution in [3.8, 4) is 0 Å².